The summed E-state index contributed by atoms with van der Waals surface area (Å²) in [6.45, 7) is 18.6. The Balaban J connectivity index is 0.00000134. The summed E-state index contributed by atoms with van der Waals surface area (Å²) in [7, 11) is 0. The fraction of sp³-hybridized carbons (Fsp3) is 0.360. The molecule has 0 heteroatoms. The molecular formula is C25H36. The largest absolute Gasteiger partial charge is 0.0988 e. The van der Waals surface area contributed by atoms with E-state index in [-0.39, 0.29) is 5.41 Å². The van der Waals surface area contributed by atoms with Gasteiger partial charge in [0.1, 0.15) is 0 Å². The Morgan fingerprint density at radius 3 is 1.92 bits per heavy atom. The van der Waals surface area contributed by atoms with Crippen LogP contribution < -0.4 is 0 Å². The summed E-state index contributed by atoms with van der Waals surface area (Å²) in [4.78, 5) is 0. The smallest absolute Gasteiger partial charge is 0.00912 e. The summed E-state index contributed by atoms with van der Waals surface area (Å²) in [6, 6.07) is 19.3. The Morgan fingerprint density at radius 1 is 0.840 bits per heavy atom. The van der Waals surface area contributed by atoms with Gasteiger partial charge in [0.2, 0.25) is 0 Å². The van der Waals surface area contributed by atoms with Gasteiger partial charge in [-0.2, -0.15) is 0 Å². The Morgan fingerprint density at radius 2 is 1.40 bits per heavy atom. The van der Waals surface area contributed by atoms with Gasteiger partial charge in [-0.05, 0) is 34.1 Å². The Labute approximate surface area is 156 Å². The molecule has 0 bridgehead atoms. The lowest BCUT2D eigenvalue weighted by atomic mass is 9.85. The monoisotopic (exact) mass is 336 g/mol. The van der Waals surface area contributed by atoms with Gasteiger partial charge >= 0.3 is 0 Å². The van der Waals surface area contributed by atoms with Crippen molar-refractivity contribution in [2.75, 3.05) is 0 Å². The van der Waals surface area contributed by atoms with Crippen LogP contribution in [0.2, 0.25) is 0 Å². The average Bonchev–Trinajstić information content (AvgIpc) is 2.65. The van der Waals surface area contributed by atoms with Crippen molar-refractivity contribution in [3.63, 3.8) is 0 Å². The fourth-order valence-corrected chi connectivity index (χ4v) is 2.43. The minimum Gasteiger partial charge on any atom is -0.0988 e. The zero-order valence-electron chi connectivity index (χ0n) is 17.3. The number of hydrogen-bond donors (Lipinski definition) is 0. The lowest BCUT2D eigenvalue weighted by Crippen LogP contribution is -2.07. The fourth-order valence-electron chi connectivity index (χ4n) is 2.43. The molecule has 0 N–H and O–H groups in total. The molecule has 0 heterocycles. The van der Waals surface area contributed by atoms with Crippen molar-refractivity contribution in [1.29, 1.82) is 0 Å². The predicted molar refractivity (Wildman–Crippen MR) is 116 cm³/mol. The quantitative estimate of drug-likeness (QED) is 0.495. The zero-order chi connectivity index (χ0) is 19.3. The third-order valence-corrected chi connectivity index (χ3v) is 3.68. The first-order chi connectivity index (χ1) is 12.0. The number of hydrogen-bond acceptors (Lipinski definition) is 0. The number of benzene rings is 2. The lowest BCUT2D eigenvalue weighted by Gasteiger charge is -2.20. The second-order valence-corrected chi connectivity index (χ2v) is 6.38. The van der Waals surface area contributed by atoms with Crippen LogP contribution in [0.5, 0.6) is 0 Å². The summed E-state index contributed by atoms with van der Waals surface area (Å²) < 4.78 is 0. The van der Waals surface area contributed by atoms with Crippen LogP contribution in [0.3, 0.4) is 0 Å². The van der Waals surface area contributed by atoms with Gasteiger partial charge in [-0.15, -0.1) is 0 Å². The Bertz CT molecular complexity index is 625. The van der Waals surface area contributed by atoms with E-state index in [9.17, 15) is 0 Å². The van der Waals surface area contributed by atoms with E-state index < -0.39 is 0 Å². The van der Waals surface area contributed by atoms with Crippen molar-refractivity contribution in [1.82, 2.24) is 0 Å². The summed E-state index contributed by atoms with van der Waals surface area (Å²) in [5.41, 5.74) is 5.33. The molecule has 0 aliphatic carbocycles. The topological polar surface area (TPSA) is 0 Å². The van der Waals surface area contributed by atoms with Gasteiger partial charge in [0.15, 0.2) is 0 Å². The maximum Gasteiger partial charge on any atom is -0.00912 e. The highest BCUT2D eigenvalue weighted by atomic mass is 14.2. The summed E-state index contributed by atoms with van der Waals surface area (Å²) in [6.07, 6.45) is 5.21. The van der Waals surface area contributed by atoms with E-state index in [1.165, 1.54) is 22.3 Å². The van der Waals surface area contributed by atoms with Crippen molar-refractivity contribution in [3.05, 3.63) is 84.5 Å². The van der Waals surface area contributed by atoms with E-state index in [1.54, 1.807) is 0 Å². The van der Waals surface area contributed by atoms with E-state index in [2.05, 4.69) is 88.0 Å². The van der Waals surface area contributed by atoms with Crippen molar-refractivity contribution < 1.29 is 0 Å². The number of allylic oxidation sites excluding steroid dienone is 3. The Hall–Kier alpha value is -2.08. The maximum absolute atomic E-state index is 3.94. The van der Waals surface area contributed by atoms with Crippen LogP contribution in [-0.2, 0) is 6.42 Å². The SMILES string of the molecule is C=C/C(=C\Cc1cccc(-c2ccccc2)c1)C(C)(C)C.CC.CC. The van der Waals surface area contributed by atoms with Crippen LogP contribution in [0.25, 0.3) is 11.1 Å². The van der Waals surface area contributed by atoms with E-state index in [4.69, 9.17) is 0 Å². The second-order valence-electron chi connectivity index (χ2n) is 6.38. The van der Waals surface area contributed by atoms with Gasteiger partial charge in [-0.1, -0.05) is 122 Å². The van der Waals surface area contributed by atoms with Crippen LogP contribution in [0, 0.1) is 5.41 Å². The van der Waals surface area contributed by atoms with Gasteiger partial charge in [0, 0.05) is 0 Å². The van der Waals surface area contributed by atoms with E-state index in [0.29, 0.717) is 0 Å². The van der Waals surface area contributed by atoms with Crippen molar-refractivity contribution in [2.24, 2.45) is 5.41 Å². The van der Waals surface area contributed by atoms with Crippen LogP contribution in [0.15, 0.2) is 78.9 Å². The van der Waals surface area contributed by atoms with Gasteiger partial charge in [0.05, 0.1) is 0 Å². The standard InChI is InChI=1S/C21H24.2C2H6/c1-5-20(21(2,3)4)15-14-17-10-9-13-19(16-17)18-11-7-6-8-12-18;2*1-2/h5-13,15-16H,1,14H2,2-4H3;2*1-2H3/b20-15+;;. The molecule has 2 aromatic rings. The molecule has 0 saturated carbocycles. The summed E-state index contributed by atoms with van der Waals surface area (Å²) in [5, 5.41) is 0. The number of rotatable bonds is 4. The van der Waals surface area contributed by atoms with Gasteiger partial charge in [-0.25, -0.2) is 0 Å². The van der Waals surface area contributed by atoms with Gasteiger partial charge in [-0.3, -0.25) is 0 Å². The van der Waals surface area contributed by atoms with Crippen LogP contribution >= 0.6 is 0 Å². The third kappa shape index (κ3) is 8.03. The van der Waals surface area contributed by atoms with Crippen LogP contribution in [-0.4, -0.2) is 0 Å². The highest BCUT2D eigenvalue weighted by Gasteiger charge is 2.13. The first-order valence-electron chi connectivity index (χ1n) is 9.48. The first-order valence-corrected chi connectivity index (χ1v) is 9.48. The molecule has 0 radical (unpaired) electrons. The molecule has 0 amide bonds. The minimum absolute atomic E-state index is 0.152. The molecule has 0 nitrogen and oxygen atoms in total. The molecule has 136 valence electrons. The zero-order valence-corrected chi connectivity index (χ0v) is 17.3. The summed E-state index contributed by atoms with van der Waals surface area (Å²) in [5.74, 6) is 0. The molecule has 0 aliphatic heterocycles. The predicted octanol–water partition coefficient (Wildman–Crippen LogP) is 8.11. The first kappa shape index (κ1) is 22.9. The van der Waals surface area contributed by atoms with Crippen LogP contribution in [0.1, 0.15) is 54.0 Å². The molecule has 0 unspecified atom stereocenters. The molecule has 25 heavy (non-hydrogen) atoms. The van der Waals surface area contributed by atoms with E-state index >= 15 is 0 Å². The van der Waals surface area contributed by atoms with E-state index in [0.717, 1.165) is 6.42 Å². The van der Waals surface area contributed by atoms with Crippen molar-refractivity contribution >= 4 is 0 Å². The molecule has 2 aromatic carbocycles. The Kier molecular flexibility index (Phi) is 11.3. The highest BCUT2D eigenvalue weighted by molar-refractivity contribution is 5.64. The normalized spacial score (nSPS) is 10.8. The molecule has 0 aromatic heterocycles. The van der Waals surface area contributed by atoms with Gasteiger partial charge in [0.25, 0.3) is 0 Å². The molecular weight excluding hydrogens is 300 g/mol. The molecule has 0 aliphatic rings. The molecule has 0 fully saturated rings. The summed E-state index contributed by atoms with van der Waals surface area (Å²) >= 11 is 0. The molecule has 0 atom stereocenters. The average molecular weight is 337 g/mol. The third-order valence-electron chi connectivity index (χ3n) is 3.68. The van der Waals surface area contributed by atoms with Gasteiger partial charge < -0.3 is 0 Å². The van der Waals surface area contributed by atoms with E-state index in [1.807, 2.05) is 33.8 Å². The highest BCUT2D eigenvalue weighted by Crippen LogP contribution is 2.27. The molecule has 2 rings (SSSR count). The maximum atomic E-state index is 3.94. The molecule has 0 saturated heterocycles. The second kappa shape index (κ2) is 12.3. The minimum atomic E-state index is 0.152. The molecule has 0 spiro atoms. The van der Waals surface area contributed by atoms with Crippen molar-refractivity contribution in [3.8, 4) is 11.1 Å². The van der Waals surface area contributed by atoms with Crippen LogP contribution in [0.4, 0.5) is 0 Å². The van der Waals surface area contributed by atoms with Crippen molar-refractivity contribution in [2.45, 2.75) is 54.9 Å². The lowest BCUT2D eigenvalue weighted by molar-refractivity contribution is 0.515.